The molecule has 0 unspecified atom stereocenters. The Morgan fingerprint density at radius 3 is 1.79 bits per heavy atom. The minimum atomic E-state index is 0.519. The summed E-state index contributed by atoms with van der Waals surface area (Å²) in [6.07, 6.45) is 3.33. The topological polar surface area (TPSA) is 36.1 Å². The van der Waals surface area contributed by atoms with Crippen LogP contribution in [0, 0.1) is 0 Å². The van der Waals surface area contributed by atoms with Gasteiger partial charge in [-0.2, -0.15) is 0 Å². The van der Waals surface area contributed by atoms with Crippen molar-refractivity contribution < 1.29 is 0 Å². The molecule has 0 bridgehead atoms. The van der Waals surface area contributed by atoms with Gasteiger partial charge in [-0.05, 0) is 57.1 Å². The van der Waals surface area contributed by atoms with Crippen LogP contribution in [-0.4, -0.2) is 39.3 Å². The number of hydrogen-bond acceptors (Lipinski definition) is 3. The number of likely N-dealkylation sites (N-methyl/N-ethyl adjacent to an activating group) is 1. The van der Waals surface area contributed by atoms with Gasteiger partial charge in [0.25, 0.3) is 0 Å². The Kier molecular flexibility index (Phi) is 9.17. The number of nitrogens with one attached hydrogen (secondary N) is 3. The third kappa shape index (κ3) is 7.73. The van der Waals surface area contributed by atoms with E-state index in [4.69, 9.17) is 0 Å². The summed E-state index contributed by atoms with van der Waals surface area (Å²) in [6, 6.07) is 21.8. The lowest BCUT2D eigenvalue weighted by Crippen LogP contribution is -2.39. The Morgan fingerprint density at radius 1 is 0.708 bits per heavy atom. The maximum absolute atomic E-state index is 3.56. The highest BCUT2D eigenvalue weighted by atomic mass is 15.0. The smallest absolute Gasteiger partial charge is 0.0201 e. The molecule has 2 aromatic rings. The van der Waals surface area contributed by atoms with Crippen LogP contribution < -0.4 is 16.0 Å². The molecule has 3 N–H and O–H groups in total. The van der Waals surface area contributed by atoms with E-state index in [0.29, 0.717) is 6.04 Å². The predicted molar refractivity (Wildman–Crippen MR) is 103 cm³/mol. The molecule has 130 valence electrons. The number of rotatable bonds is 12. The van der Waals surface area contributed by atoms with Gasteiger partial charge in [-0.1, -0.05) is 60.7 Å². The molecule has 24 heavy (non-hydrogen) atoms. The fourth-order valence-electron chi connectivity index (χ4n) is 2.78. The molecule has 0 heterocycles. The molecule has 0 aromatic heterocycles. The van der Waals surface area contributed by atoms with E-state index >= 15 is 0 Å². The molecule has 0 saturated carbocycles. The zero-order valence-electron chi connectivity index (χ0n) is 14.8. The molecular weight excluding hydrogens is 294 g/mol. The highest BCUT2D eigenvalue weighted by molar-refractivity contribution is 5.15. The molecule has 0 aliphatic rings. The summed E-state index contributed by atoms with van der Waals surface area (Å²) in [5.74, 6) is 0. The van der Waals surface area contributed by atoms with Crippen LogP contribution in [0.15, 0.2) is 60.7 Å². The molecule has 0 aliphatic heterocycles. The van der Waals surface area contributed by atoms with Crippen LogP contribution >= 0.6 is 0 Å². The van der Waals surface area contributed by atoms with Crippen LogP contribution in [0.2, 0.25) is 0 Å². The van der Waals surface area contributed by atoms with Gasteiger partial charge in [0.1, 0.15) is 0 Å². The second-order valence-electron chi connectivity index (χ2n) is 6.20. The summed E-state index contributed by atoms with van der Waals surface area (Å²) in [7, 11) is 2.05. The molecule has 3 heteroatoms. The highest BCUT2D eigenvalue weighted by Crippen LogP contribution is 1.99. The van der Waals surface area contributed by atoms with Crippen molar-refractivity contribution in [2.45, 2.75) is 25.3 Å². The first-order chi connectivity index (χ1) is 11.9. The third-order valence-corrected chi connectivity index (χ3v) is 4.34. The monoisotopic (exact) mass is 325 g/mol. The van der Waals surface area contributed by atoms with Crippen LogP contribution in [-0.2, 0) is 12.8 Å². The Bertz CT molecular complexity index is 527. The summed E-state index contributed by atoms with van der Waals surface area (Å²) in [5, 5.41) is 10.5. The molecule has 2 rings (SSSR count). The van der Waals surface area contributed by atoms with Gasteiger partial charge in [-0.25, -0.2) is 0 Å². The van der Waals surface area contributed by atoms with E-state index in [1.165, 1.54) is 11.1 Å². The van der Waals surface area contributed by atoms with E-state index in [2.05, 4.69) is 76.6 Å². The van der Waals surface area contributed by atoms with Crippen molar-refractivity contribution in [3.8, 4) is 0 Å². The lowest BCUT2D eigenvalue weighted by atomic mass is 10.1. The lowest BCUT2D eigenvalue weighted by molar-refractivity contribution is 0.466. The fraction of sp³-hybridized carbons (Fsp3) is 0.429. The van der Waals surface area contributed by atoms with Crippen molar-refractivity contribution in [1.29, 1.82) is 0 Å². The predicted octanol–water partition coefficient (Wildman–Crippen LogP) is 2.63. The maximum atomic E-state index is 3.56. The molecule has 0 aliphatic carbocycles. The Labute approximate surface area is 146 Å². The Morgan fingerprint density at radius 2 is 1.25 bits per heavy atom. The maximum Gasteiger partial charge on any atom is 0.0201 e. The zero-order chi connectivity index (χ0) is 16.9. The van der Waals surface area contributed by atoms with Gasteiger partial charge in [0.15, 0.2) is 0 Å². The van der Waals surface area contributed by atoms with Gasteiger partial charge in [-0.3, -0.25) is 0 Å². The summed E-state index contributed by atoms with van der Waals surface area (Å²) in [6.45, 7) is 4.15. The van der Waals surface area contributed by atoms with Crippen LogP contribution in [0.3, 0.4) is 0 Å². The Hall–Kier alpha value is -1.68. The third-order valence-electron chi connectivity index (χ3n) is 4.34. The van der Waals surface area contributed by atoms with Gasteiger partial charge in [0, 0.05) is 12.6 Å². The van der Waals surface area contributed by atoms with Crippen LogP contribution in [0.4, 0.5) is 0 Å². The molecule has 0 spiro atoms. The van der Waals surface area contributed by atoms with Gasteiger partial charge in [0.05, 0.1) is 0 Å². The molecule has 2 aromatic carbocycles. The summed E-state index contributed by atoms with van der Waals surface area (Å²) < 4.78 is 0. The SMILES string of the molecule is CN[C@H](CCNCCc1ccccc1)CNCCc1ccccc1. The van der Waals surface area contributed by atoms with Crippen LogP contribution in [0.5, 0.6) is 0 Å². The van der Waals surface area contributed by atoms with Gasteiger partial charge >= 0.3 is 0 Å². The zero-order valence-corrected chi connectivity index (χ0v) is 14.8. The molecular formula is C21H31N3. The quantitative estimate of drug-likeness (QED) is 0.525. The average molecular weight is 326 g/mol. The molecule has 0 amide bonds. The minimum Gasteiger partial charge on any atom is -0.316 e. The van der Waals surface area contributed by atoms with Crippen molar-refractivity contribution in [3.63, 3.8) is 0 Å². The van der Waals surface area contributed by atoms with E-state index in [-0.39, 0.29) is 0 Å². The van der Waals surface area contributed by atoms with Crippen LogP contribution in [0.25, 0.3) is 0 Å². The van der Waals surface area contributed by atoms with E-state index < -0.39 is 0 Å². The number of benzene rings is 2. The first kappa shape index (κ1) is 18.7. The average Bonchev–Trinajstić information content (AvgIpc) is 2.65. The molecule has 0 radical (unpaired) electrons. The molecule has 0 fully saturated rings. The van der Waals surface area contributed by atoms with Crippen molar-refractivity contribution in [2.75, 3.05) is 33.2 Å². The van der Waals surface area contributed by atoms with Crippen LogP contribution in [0.1, 0.15) is 17.5 Å². The van der Waals surface area contributed by atoms with E-state index in [0.717, 1.165) is 45.4 Å². The highest BCUT2D eigenvalue weighted by Gasteiger charge is 2.04. The summed E-state index contributed by atoms with van der Waals surface area (Å²) in [4.78, 5) is 0. The lowest BCUT2D eigenvalue weighted by Gasteiger charge is -2.17. The fourth-order valence-corrected chi connectivity index (χ4v) is 2.78. The van der Waals surface area contributed by atoms with E-state index in [9.17, 15) is 0 Å². The molecule has 0 saturated heterocycles. The second kappa shape index (κ2) is 11.8. The largest absolute Gasteiger partial charge is 0.316 e. The van der Waals surface area contributed by atoms with Crippen molar-refractivity contribution in [2.24, 2.45) is 0 Å². The second-order valence-corrected chi connectivity index (χ2v) is 6.20. The van der Waals surface area contributed by atoms with Crippen molar-refractivity contribution >= 4 is 0 Å². The normalized spacial score (nSPS) is 12.2. The summed E-state index contributed by atoms with van der Waals surface area (Å²) in [5.41, 5.74) is 2.80. The van der Waals surface area contributed by atoms with Crippen molar-refractivity contribution in [3.05, 3.63) is 71.8 Å². The first-order valence-corrected chi connectivity index (χ1v) is 9.05. The van der Waals surface area contributed by atoms with Gasteiger partial charge in [-0.15, -0.1) is 0 Å². The standard InChI is InChI=1S/C21H31N3/c1-22-21(18-24-16-13-20-10-6-3-7-11-20)14-17-23-15-12-19-8-4-2-5-9-19/h2-11,21-24H,12-18H2,1H3/t21-/m1/s1. The Balaban J connectivity index is 1.50. The number of hydrogen-bond donors (Lipinski definition) is 3. The van der Waals surface area contributed by atoms with Gasteiger partial charge < -0.3 is 16.0 Å². The van der Waals surface area contributed by atoms with Gasteiger partial charge in [0.2, 0.25) is 0 Å². The first-order valence-electron chi connectivity index (χ1n) is 9.05. The van der Waals surface area contributed by atoms with E-state index in [1.807, 2.05) is 7.05 Å². The minimum absolute atomic E-state index is 0.519. The molecule has 3 nitrogen and oxygen atoms in total. The van der Waals surface area contributed by atoms with E-state index in [1.54, 1.807) is 0 Å². The summed E-state index contributed by atoms with van der Waals surface area (Å²) >= 11 is 0. The molecule has 1 atom stereocenters. The van der Waals surface area contributed by atoms with Crippen molar-refractivity contribution in [1.82, 2.24) is 16.0 Å².